The molecule has 2 heterocycles. The highest BCUT2D eigenvalue weighted by atomic mass is 19.2. The van der Waals surface area contributed by atoms with Crippen LogP contribution in [0.1, 0.15) is 45.6 Å². The van der Waals surface area contributed by atoms with Crippen LogP contribution in [-0.4, -0.2) is 53.3 Å². The van der Waals surface area contributed by atoms with Crippen molar-refractivity contribution in [2.75, 3.05) is 19.6 Å². The predicted octanol–water partition coefficient (Wildman–Crippen LogP) is 2.86. The van der Waals surface area contributed by atoms with Crippen LogP contribution >= 0.6 is 0 Å². The Bertz CT molecular complexity index is 825. The van der Waals surface area contributed by atoms with E-state index in [1.807, 2.05) is 25.7 Å². The quantitative estimate of drug-likeness (QED) is 0.738. The summed E-state index contributed by atoms with van der Waals surface area (Å²) in [4.78, 5) is 29.0. The zero-order valence-corrected chi connectivity index (χ0v) is 17.8. The van der Waals surface area contributed by atoms with Gasteiger partial charge >= 0.3 is 0 Å². The number of nitrogens with two attached hydrogens (primary N) is 1. The molecule has 0 aliphatic carbocycles. The van der Waals surface area contributed by atoms with Crippen LogP contribution in [0.5, 0.6) is 0 Å². The molecule has 166 valence electrons. The molecule has 8 heteroatoms. The minimum atomic E-state index is -1.25. The van der Waals surface area contributed by atoms with Gasteiger partial charge in [-0.15, -0.1) is 0 Å². The summed E-state index contributed by atoms with van der Waals surface area (Å²) < 4.78 is 40.3. The van der Waals surface area contributed by atoms with E-state index in [9.17, 15) is 22.8 Å². The molecule has 2 aliphatic heterocycles. The summed E-state index contributed by atoms with van der Waals surface area (Å²) in [5.74, 6) is -3.05. The molecule has 1 aromatic carbocycles. The van der Waals surface area contributed by atoms with Crippen molar-refractivity contribution in [3.05, 3.63) is 35.1 Å². The van der Waals surface area contributed by atoms with Crippen molar-refractivity contribution in [2.45, 2.75) is 58.5 Å². The summed E-state index contributed by atoms with van der Waals surface area (Å²) in [6.07, 6.45) is 1.22. The molecule has 2 amide bonds. The number of nitrogens with zero attached hydrogens (tertiary/aromatic N) is 2. The first-order chi connectivity index (χ1) is 13.9. The molecule has 0 radical (unpaired) electrons. The fourth-order valence-corrected chi connectivity index (χ4v) is 4.46. The van der Waals surface area contributed by atoms with Gasteiger partial charge in [0.1, 0.15) is 5.82 Å². The molecule has 0 bridgehead atoms. The first kappa shape index (κ1) is 22.6. The van der Waals surface area contributed by atoms with Crippen molar-refractivity contribution in [2.24, 2.45) is 17.1 Å². The molecule has 2 aliphatic rings. The Morgan fingerprint density at radius 1 is 1.10 bits per heavy atom. The van der Waals surface area contributed by atoms with E-state index >= 15 is 0 Å². The standard InChI is InChI=1S/C22H30F3N3O2/c1-22(2,3)10-21(30)27-11-13-4-5-28(19(13)12-27)20(29)8-15(26)6-14-7-17(24)18(25)9-16(14)23/h7,9,13,15,19H,4-6,8,10-12,26H2,1-3H3. The minimum absolute atomic E-state index is 0.0163. The van der Waals surface area contributed by atoms with E-state index in [1.54, 1.807) is 4.90 Å². The van der Waals surface area contributed by atoms with Crippen molar-refractivity contribution < 1.29 is 22.8 Å². The van der Waals surface area contributed by atoms with Gasteiger partial charge in [0, 0.05) is 50.5 Å². The van der Waals surface area contributed by atoms with Crippen molar-refractivity contribution in [1.29, 1.82) is 0 Å². The van der Waals surface area contributed by atoms with Gasteiger partial charge in [0.25, 0.3) is 0 Å². The molecule has 2 saturated heterocycles. The zero-order chi connectivity index (χ0) is 22.2. The number of benzene rings is 1. The van der Waals surface area contributed by atoms with Crippen LogP contribution in [-0.2, 0) is 16.0 Å². The highest BCUT2D eigenvalue weighted by Crippen LogP contribution is 2.33. The monoisotopic (exact) mass is 425 g/mol. The molecule has 1 aromatic rings. The van der Waals surface area contributed by atoms with E-state index in [0.717, 1.165) is 12.5 Å². The maximum atomic E-state index is 13.8. The van der Waals surface area contributed by atoms with Crippen LogP contribution in [0.3, 0.4) is 0 Å². The molecule has 0 spiro atoms. The first-order valence-corrected chi connectivity index (χ1v) is 10.4. The number of fused-ring (bicyclic) bond motifs is 1. The van der Waals surface area contributed by atoms with E-state index in [0.29, 0.717) is 32.1 Å². The number of carbonyl (C=O) groups is 2. The second kappa shape index (κ2) is 8.57. The first-order valence-electron chi connectivity index (χ1n) is 10.4. The fourth-order valence-electron chi connectivity index (χ4n) is 4.46. The molecule has 2 fully saturated rings. The Balaban J connectivity index is 1.57. The summed E-state index contributed by atoms with van der Waals surface area (Å²) >= 11 is 0. The van der Waals surface area contributed by atoms with Gasteiger partial charge in [-0.1, -0.05) is 20.8 Å². The summed E-state index contributed by atoms with van der Waals surface area (Å²) in [5, 5.41) is 0. The molecule has 0 saturated carbocycles. The third-order valence-electron chi connectivity index (χ3n) is 5.91. The molecule has 0 aromatic heterocycles. The molecule has 3 atom stereocenters. The van der Waals surface area contributed by atoms with Gasteiger partial charge in [0.15, 0.2) is 11.6 Å². The Morgan fingerprint density at radius 3 is 2.43 bits per heavy atom. The van der Waals surface area contributed by atoms with E-state index in [1.165, 1.54) is 0 Å². The maximum absolute atomic E-state index is 13.8. The van der Waals surface area contributed by atoms with Crippen LogP contribution in [0.25, 0.3) is 0 Å². The van der Waals surface area contributed by atoms with Crippen LogP contribution in [0.4, 0.5) is 13.2 Å². The maximum Gasteiger partial charge on any atom is 0.224 e. The van der Waals surface area contributed by atoms with Crippen molar-refractivity contribution in [3.8, 4) is 0 Å². The second-order valence-corrected chi connectivity index (χ2v) is 9.77. The van der Waals surface area contributed by atoms with Gasteiger partial charge < -0.3 is 15.5 Å². The Morgan fingerprint density at radius 2 is 1.77 bits per heavy atom. The Labute approximate surface area is 175 Å². The number of carbonyl (C=O) groups excluding carboxylic acids is 2. The summed E-state index contributed by atoms with van der Waals surface area (Å²) in [7, 11) is 0. The minimum Gasteiger partial charge on any atom is -0.340 e. The second-order valence-electron chi connectivity index (χ2n) is 9.77. The van der Waals surface area contributed by atoms with Gasteiger partial charge in [-0.05, 0) is 29.9 Å². The summed E-state index contributed by atoms with van der Waals surface area (Å²) in [5.41, 5.74) is 5.88. The van der Waals surface area contributed by atoms with E-state index in [2.05, 4.69) is 0 Å². The SMILES string of the molecule is CC(C)(C)CC(=O)N1CC2CCN(C(=O)CC(N)Cc3cc(F)c(F)cc3F)C2C1. The molecule has 3 unspecified atom stereocenters. The van der Waals surface area contributed by atoms with Crippen LogP contribution in [0.15, 0.2) is 12.1 Å². The van der Waals surface area contributed by atoms with E-state index < -0.39 is 23.5 Å². The lowest BCUT2D eigenvalue weighted by molar-refractivity contribution is -0.135. The molecule has 2 N–H and O–H groups in total. The van der Waals surface area contributed by atoms with Crippen LogP contribution < -0.4 is 5.73 Å². The topological polar surface area (TPSA) is 66.6 Å². The van der Waals surface area contributed by atoms with Gasteiger partial charge in [0.05, 0.1) is 6.04 Å². The van der Waals surface area contributed by atoms with E-state index in [4.69, 9.17) is 5.73 Å². The number of hydrogen-bond acceptors (Lipinski definition) is 3. The zero-order valence-electron chi connectivity index (χ0n) is 17.8. The summed E-state index contributed by atoms with van der Waals surface area (Å²) in [6.45, 7) is 7.87. The molecule has 30 heavy (non-hydrogen) atoms. The normalized spacial score (nSPS) is 22.4. The van der Waals surface area contributed by atoms with E-state index in [-0.39, 0.29) is 47.6 Å². The lowest BCUT2D eigenvalue weighted by atomic mass is 9.91. The fraction of sp³-hybridized carbons (Fsp3) is 0.636. The van der Waals surface area contributed by atoms with Gasteiger partial charge in [-0.3, -0.25) is 9.59 Å². The number of rotatable bonds is 5. The van der Waals surface area contributed by atoms with Crippen molar-refractivity contribution >= 4 is 11.8 Å². The summed E-state index contributed by atoms with van der Waals surface area (Å²) in [6, 6.07) is 0.548. The largest absolute Gasteiger partial charge is 0.340 e. The Kier molecular flexibility index (Phi) is 6.45. The molecular weight excluding hydrogens is 395 g/mol. The van der Waals surface area contributed by atoms with Crippen LogP contribution in [0, 0.1) is 28.8 Å². The smallest absolute Gasteiger partial charge is 0.224 e. The van der Waals surface area contributed by atoms with Crippen LogP contribution in [0.2, 0.25) is 0 Å². The number of halogens is 3. The average molecular weight is 425 g/mol. The molecule has 5 nitrogen and oxygen atoms in total. The number of hydrogen-bond donors (Lipinski definition) is 1. The number of amides is 2. The van der Waals surface area contributed by atoms with Crippen molar-refractivity contribution in [1.82, 2.24) is 9.80 Å². The predicted molar refractivity (Wildman–Crippen MR) is 107 cm³/mol. The van der Waals surface area contributed by atoms with Gasteiger partial charge in [-0.2, -0.15) is 0 Å². The third kappa shape index (κ3) is 5.14. The lowest BCUT2D eigenvalue weighted by Gasteiger charge is -2.27. The average Bonchev–Trinajstić information content (AvgIpc) is 3.18. The van der Waals surface area contributed by atoms with Crippen molar-refractivity contribution in [3.63, 3.8) is 0 Å². The van der Waals surface area contributed by atoms with Gasteiger partial charge in [-0.25, -0.2) is 13.2 Å². The molecule has 3 rings (SSSR count). The van der Waals surface area contributed by atoms with Gasteiger partial charge in [0.2, 0.25) is 11.8 Å². The highest BCUT2D eigenvalue weighted by Gasteiger charge is 2.44. The Hall–Kier alpha value is -2.09. The lowest BCUT2D eigenvalue weighted by Crippen LogP contribution is -2.43. The highest BCUT2D eigenvalue weighted by molar-refractivity contribution is 5.79. The molecular formula is C22H30F3N3O2. The number of likely N-dealkylation sites (tertiary alicyclic amines) is 2. The third-order valence-corrected chi connectivity index (χ3v) is 5.91.